The van der Waals surface area contributed by atoms with Gasteiger partial charge >= 0.3 is 0 Å². The second kappa shape index (κ2) is 6.36. The second-order valence-electron chi connectivity index (χ2n) is 4.45. The lowest BCUT2D eigenvalue weighted by Crippen LogP contribution is -2.25. The highest BCUT2D eigenvalue weighted by molar-refractivity contribution is 7.99. The number of rotatable bonds is 5. The Bertz CT molecular complexity index is 508. The summed E-state index contributed by atoms with van der Waals surface area (Å²) in [7, 11) is 0. The average molecular weight is 278 g/mol. The van der Waals surface area contributed by atoms with Crippen LogP contribution in [0.2, 0.25) is 0 Å². The van der Waals surface area contributed by atoms with Crippen molar-refractivity contribution in [1.29, 1.82) is 0 Å². The van der Waals surface area contributed by atoms with E-state index < -0.39 is 0 Å². The Hall–Kier alpha value is -0.840. The van der Waals surface area contributed by atoms with Crippen molar-refractivity contribution < 1.29 is 0 Å². The van der Waals surface area contributed by atoms with Crippen molar-refractivity contribution in [2.45, 2.75) is 31.2 Å². The molecule has 1 aromatic carbocycles. The summed E-state index contributed by atoms with van der Waals surface area (Å²) in [5.74, 6) is 0.931. The van der Waals surface area contributed by atoms with Crippen molar-refractivity contribution in [3.63, 3.8) is 0 Å². The van der Waals surface area contributed by atoms with Crippen molar-refractivity contribution in [3.8, 4) is 0 Å². The minimum Gasteiger partial charge on any atom is -0.327 e. The lowest BCUT2D eigenvalue weighted by atomic mass is 10.2. The molecule has 2 nitrogen and oxygen atoms in total. The Kier molecular flexibility index (Phi) is 4.80. The molecule has 1 aromatic heterocycles. The predicted octanol–water partition coefficient (Wildman–Crippen LogP) is 3.42. The molecule has 0 amide bonds. The summed E-state index contributed by atoms with van der Waals surface area (Å²) in [5.41, 5.74) is 8.56. The first-order valence-corrected chi connectivity index (χ1v) is 7.86. The number of nitrogens with two attached hydrogens (primary N) is 1. The normalized spacial score (nSPS) is 12.6. The van der Waals surface area contributed by atoms with Gasteiger partial charge in [-0.15, -0.1) is 23.1 Å². The summed E-state index contributed by atoms with van der Waals surface area (Å²) in [6.45, 7) is 4.14. The van der Waals surface area contributed by atoms with E-state index in [9.17, 15) is 0 Å². The van der Waals surface area contributed by atoms with Crippen LogP contribution < -0.4 is 5.73 Å². The molecule has 1 atom stereocenters. The van der Waals surface area contributed by atoms with E-state index in [1.54, 1.807) is 11.3 Å². The molecule has 0 bridgehead atoms. The molecule has 2 N–H and O–H groups in total. The maximum absolute atomic E-state index is 6.14. The molecule has 2 rings (SSSR count). The fourth-order valence-electron chi connectivity index (χ4n) is 1.74. The van der Waals surface area contributed by atoms with E-state index in [0.717, 1.165) is 22.9 Å². The molecule has 4 heteroatoms. The average Bonchev–Trinajstić information content (AvgIpc) is 2.72. The number of aromatic nitrogens is 1. The Morgan fingerprint density at radius 3 is 2.89 bits per heavy atom. The zero-order valence-corrected chi connectivity index (χ0v) is 12.4. The number of nitrogens with zero attached hydrogens (tertiary/aromatic N) is 1. The molecule has 0 fully saturated rings. The molecule has 96 valence electrons. The predicted molar refractivity (Wildman–Crippen MR) is 80.4 cm³/mol. The molecule has 1 unspecified atom stereocenters. The van der Waals surface area contributed by atoms with Crippen LogP contribution in [-0.4, -0.2) is 16.8 Å². The molecule has 0 spiro atoms. The van der Waals surface area contributed by atoms with Crippen molar-refractivity contribution >= 4 is 23.1 Å². The minimum absolute atomic E-state index is 0.164. The van der Waals surface area contributed by atoms with Crippen LogP contribution >= 0.6 is 23.1 Å². The highest BCUT2D eigenvalue weighted by Gasteiger charge is 2.07. The molecule has 1 heterocycles. The topological polar surface area (TPSA) is 38.9 Å². The van der Waals surface area contributed by atoms with Gasteiger partial charge in [0.25, 0.3) is 0 Å². The summed E-state index contributed by atoms with van der Waals surface area (Å²) < 4.78 is 0. The van der Waals surface area contributed by atoms with E-state index in [4.69, 9.17) is 5.73 Å². The van der Waals surface area contributed by atoms with Crippen LogP contribution in [0.3, 0.4) is 0 Å². The third-order valence-corrected chi connectivity index (χ3v) is 4.60. The molecular weight excluding hydrogens is 260 g/mol. The van der Waals surface area contributed by atoms with E-state index in [1.165, 1.54) is 10.5 Å². The Morgan fingerprint density at radius 2 is 2.22 bits per heavy atom. The fourth-order valence-corrected chi connectivity index (χ4v) is 3.33. The number of thioether (sulfide) groups is 1. The zero-order chi connectivity index (χ0) is 13.0. The number of thiazole rings is 1. The van der Waals surface area contributed by atoms with Gasteiger partial charge < -0.3 is 5.73 Å². The number of hydrogen-bond acceptors (Lipinski definition) is 4. The SMILES string of the molecule is Cc1cccc(SCC(N)Cc2csc(C)n2)c1. The summed E-state index contributed by atoms with van der Waals surface area (Å²) in [6, 6.07) is 8.70. The van der Waals surface area contributed by atoms with Gasteiger partial charge in [-0.2, -0.15) is 0 Å². The van der Waals surface area contributed by atoms with Crippen molar-refractivity contribution in [3.05, 3.63) is 45.9 Å². The highest BCUT2D eigenvalue weighted by Crippen LogP contribution is 2.20. The smallest absolute Gasteiger partial charge is 0.0897 e. The number of aryl methyl sites for hydroxylation is 2. The van der Waals surface area contributed by atoms with Crippen LogP contribution in [0, 0.1) is 13.8 Å². The lowest BCUT2D eigenvalue weighted by Gasteiger charge is -2.09. The molecule has 0 radical (unpaired) electrons. The Balaban J connectivity index is 1.83. The van der Waals surface area contributed by atoms with Crippen LogP contribution in [0.5, 0.6) is 0 Å². The third-order valence-electron chi connectivity index (χ3n) is 2.59. The standard InChI is InChI=1S/C14H18N2S2/c1-10-4-3-5-14(6-10)18-8-12(15)7-13-9-17-11(2)16-13/h3-6,9,12H,7-8,15H2,1-2H3. The second-order valence-corrected chi connectivity index (χ2v) is 6.61. The maximum Gasteiger partial charge on any atom is 0.0897 e. The molecule has 0 saturated carbocycles. The van der Waals surface area contributed by atoms with Gasteiger partial charge in [0.05, 0.1) is 10.7 Å². The van der Waals surface area contributed by atoms with Gasteiger partial charge in [0, 0.05) is 28.5 Å². The first-order valence-electron chi connectivity index (χ1n) is 5.99. The van der Waals surface area contributed by atoms with Gasteiger partial charge in [-0.05, 0) is 26.0 Å². The summed E-state index contributed by atoms with van der Waals surface area (Å²) in [4.78, 5) is 5.74. The lowest BCUT2D eigenvalue weighted by molar-refractivity contribution is 0.734. The van der Waals surface area contributed by atoms with Crippen molar-refractivity contribution in [2.75, 3.05) is 5.75 Å². The van der Waals surface area contributed by atoms with Gasteiger partial charge in [-0.1, -0.05) is 17.7 Å². The highest BCUT2D eigenvalue weighted by atomic mass is 32.2. The first-order chi connectivity index (χ1) is 8.63. The largest absolute Gasteiger partial charge is 0.327 e. The molecule has 18 heavy (non-hydrogen) atoms. The summed E-state index contributed by atoms with van der Waals surface area (Å²) >= 11 is 3.51. The summed E-state index contributed by atoms with van der Waals surface area (Å²) in [6.07, 6.45) is 0.864. The minimum atomic E-state index is 0.164. The first kappa shape index (κ1) is 13.6. The maximum atomic E-state index is 6.14. The van der Waals surface area contributed by atoms with Crippen LogP contribution in [0.25, 0.3) is 0 Å². The Morgan fingerprint density at radius 1 is 1.39 bits per heavy atom. The summed E-state index contributed by atoms with van der Waals surface area (Å²) in [5, 5.41) is 3.22. The van der Waals surface area contributed by atoms with Crippen molar-refractivity contribution in [2.24, 2.45) is 5.73 Å². The van der Waals surface area contributed by atoms with Gasteiger partial charge in [-0.3, -0.25) is 0 Å². The Labute approximate surface area is 117 Å². The van der Waals surface area contributed by atoms with Gasteiger partial charge in [0.15, 0.2) is 0 Å². The number of hydrogen-bond donors (Lipinski definition) is 1. The third kappa shape index (κ3) is 4.12. The van der Waals surface area contributed by atoms with E-state index in [1.807, 2.05) is 18.7 Å². The van der Waals surface area contributed by atoms with E-state index in [0.29, 0.717) is 0 Å². The van der Waals surface area contributed by atoms with E-state index in [-0.39, 0.29) is 6.04 Å². The molecule has 2 aromatic rings. The number of benzene rings is 1. The van der Waals surface area contributed by atoms with Crippen LogP contribution in [0.15, 0.2) is 34.5 Å². The van der Waals surface area contributed by atoms with Crippen LogP contribution in [0.4, 0.5) is 0 Å². The quantitative estimate of drug-likeness (QED) is 0.852. The van der Waals surface area contributed by atoms with Crippen LogP contribution in [-0.2, 0) is 6.42 Å². The van der Waals surface area contributed by atoms with Gasteiger partial charge in [-0.25, -0.2) is 4.98 Å². The molecular formula is C14H18N2S2. The molecule has 0 aliphatic rings. The molecule has 0 aliphatic carbocycles. The van der Waals surface area contributed by atoms with Gasteiger partial charge in [0.1, 0.15) is 0 Å². The van der Waals surface area contributed by atoms with E-state index >= 15 is 0 Å². The zero-order valence-electron chi connectivity index (χ0n) is 10.7. The van der Waals surface area contributed by atoms with E-state index in [2.05, 4.69) is 41.6 Å². The molecule has 0 aliphatic heterocycles. The monoisotopic (exact) mass is 278 g/mol. The fraction of sp³-hybridized carbons (Fsp3) is 0.357. The van der Waals surface area contributed by atoms with Gasteiger partial charge in [0.2, 0.25) is 0 Å². The molecule has 0 saturated heterocycles. The van der Waals surface area contributed by atoms with Crippen LogP contribution in [0.1, 0.15) is 16.3 Å². The van der Waals surface area contributed by atoms with Crippen molar-refractivity contribution in [1.82, 2.24) is 4.98 Å².